The maximum Gasteiger partial charge on any atom is 0.244 e. The standard InChI is InChI=1S/C25H28N6O4S2/c32-36(33,17-18-4-2-1-3-5-18)30-15-8-20-22(30)26-16-21-27-28-23(31(20)21)24-9-12-25(13-10-24,14-11-24)29-37(34,35)19-6-7-19/h1-5,8,15-16,19,29H,6-7,9-14,17H2. The maximum atomic E-state index is 13.3. The molecular weight excluding hydrogens is 512 g/mol. The Morgan fingerprint density at radius 2 is 1.62 bits per heavy atom. The molecule has 0 saturated heterocycles. The van der Waals surface area contributed by atoms with Crippen molar-refractivity contribution in [3.63, 3.8) is 0 Å². The van der Waals surface area contributed by atoms with Gasteiger partial charge in [0.2, 0.25) is 20.0 Å². The molecule has 1 aromatic carbocycles. The van der Waals surface area contributed by atoms with E-state index in [2.05, 4.69) is 19.9 Å². The van der Waals surface area contributed by atoms with Crippen LogP contribution in [0, 0.1) is 0 Å². The van der Waals surface area contributed by atoms with E-state index in [1.807, 2.05) is 22.6 Å². The van der Waals surface area contributed by atoms with Gasteiger partial charge in [-0.15, -0.1) is 10.2 Å². The van der Waals surface area contributed by atoms with Crippen molar-refractivity contribution in [3.8, 4) is 0 Å². The number of hydrogen-bond donors (Lipinski definition) is 1. The van der Waals surface area contributed by atoms with Gasteiger partial charge >= 0.3 is 0 Å². The highest BCUT2D eigenvalue weighted by Crippen LogP contribution is 2.54. The molecule has 0 atom stereocenters. The van der Waals surface area contributed by atoms with Crippen molar-refractivity contribution < 1.29 is 16.8 Å². The summed E-state index contributed by atoms with van der Waals surface area (Å²) in [5.74, 6) is 0.682. The van der Waals surface area contributed by atoms with E-state index < -0.39 is 20.0 Å². The summed E-state index contributed by atoms with van der Waals surface area (Å²) in [6.07, 6.45) is 9.32. The highest BCUT2D eigenvalue weighted by atomic mass is 32.2. The quantitative estimate of drug-likeness (QED) is 0.382. The van der Waals surface area contributed by atoms with Crippen molar-refractivity contribution in [1.29, 1.82) is 0 Å². The van der Waals surface area contributed by atoms with E-state index in [1.165, 1.54) is 3.97 Å². The van der Waals surface area contributed by atoms with Gasteiger partial charge in [-0.2, -0.15) is 0 Å². The van der Waals surface area contributed by atoms with Gasteiger partial charge in [0, 0.05) is 17.2 Å². The second-order valence-corrected chi connectivity index (χ2v) is 14.8. The van der Waals surface area contributed by atoms with Gasteiger partial charge in [0.05, 0.1) is 22.7 Å². The number of benzene rings is 1. The topological polar surface area (TPSA) is 128 Å². The Morgan fingerprint density at radius 3 is 2.30 bits per heavy atom. The minimum Gasteiger partial charge on any atom is -0.274 e. The van der Waals surface area contributed by atoms with Crippen LogP contribution in [0.1, 0.15) is 62.8 Å². The molecule has 0 amide bonds. The summed E-state index contributed by atoms with van der Waals surface area (Å²) in [5, 5.41) is 8.75. The largest absolute Gasteiger partial charge is 0.274 e. The predicted octanol–water partition coefficient (Wildman–Crippen LogP) is 2.88. The van der Waals surface area contributed by atoms with Gasteiger partial charge in [-0.25, -0.2) is 30.5 Å². The molecule has 194 valence electrons. The molecule has 0 spiro atoms. The third-order valence-electron chi connectivity index (χ3n) is 8.57. The fourth-order valence-corrected chi connectivity index (χ4v) is 9.53. The fraction of sp³-hybridized carbons (Fsp3) is 0.480. The zero-order valence-electron chi connectivity index (χ0n) is 20.2. The van der Waals surface area contributed by atoms with Gasteiger partial charge in [0.15, 0.2) is 11.3 Å². The molecule has 4 aliphatic carbocycles. The summed E-state index contributed by atoms with van der Waals surface area (Å²) >= 11 is 0. The summed E-state index contributed by atoms with van der Waals surface area (Å²) in [6, 6.07) is 10.9. The Kier molecular flexibility index (Phi) is 4.94. The van der Waals surface area contributed by atoms with E-state index in [9.17, 15) is 16.8 Å². The molecule has 0 aliphatic heterocycles. The van der Waals surface area contributed by atoms with Crippen molar-refractivity contribution >= 4 is 36.9 Å². The van der Waals surface area contributed by atoms with E-state index in [4.69, 9.17) is 0 Å². The third-order valence-corrected chi connectivity index (χ3v) is 12.2. The van der Waals surface area contributed by atoms with Crippen LogP contribution < -0.4 is 4.72 Å². The summed E-state index contributed by atoms with van der Waals surface area (Å²) in [5.41, 5.74) is 1.69. The number of aromatic nitrogens is 5. The number of nitrogens with zero attached hydrogens (tertiary/aromatic N) is 5. The summed E-state index contributed by atoms with van der Waals surface area (Å²) in [4.78, 5) is 4.45. The molecule has 2 bridgehead atoms. The van der Waals surface area contributed by atoms with Crippen molar-refractivity contribution in [2.45, 2.75) is 73.3 Å². The Labute approximate surface area is 215 Å². The lowest BCUT2D eigenvalue weighted by molar-refractivity contribution is 0.0882. The summed E-state index contributed by atoms with van der Waals surface area (Å²) in [6.45, 7) is 0. The second kappa shape index (κ2) is 7.84. The molecule has 0 unspecified atom stereocenters. The van der Waals surface area contributed by atoms with Crippen LogP contribution >= 0.6 is 0 Å². The third kappa shape index (κ3) is 3.71. The van der Waals surface area contributed by atoms with Crippen molar-refractivity contribution in [1.82, 2.24) is 28.3 Å². The fourth-order valence-electron chi connectivity index (χ4n) is 6.29. The van der Waals surface area contributed by atoms with Crippen molar-refractivity contribution in [3.05, 3.63) is 60.2 Å². The van der Waals surface area contributed by atoms with Crippen LogP contribution in [0.2, 0.25) is 0 Å². The molecule has 3 aromatic heterocycles. The normalized spacial score (nSPS) is 26.3. The maximum absolute atomic E-state index is 13.3. The van der Waals surface area contributed by atoms with E-state index >= 15 is 0 Å². The minimum absolute atomic E-state index is 0.130. The van der Waals surface area contributed by atoms with Gasteiger partial charge in [0.25, 0.3) is 0 Å². The highest BCUT2D eigenvalue weighted by Gasteiger charge is 2.54. The Balaban J connectivity index is 1.24. The van der Waals surface area contributed by atoms with Gasteiger partial charge in [0.1, 0.15) is 5.82 Å². The van der Waals surface area contributed by atoms with Crippen LogP contribution in [0.3, 0.4) is 0 Å². The average Bonchev–Trinajstić information content (AvgIpc) is 3.51. The molecule has 8 rings (SSSR count). The minimum atomic E-state index is -3.69. The first kappa shape index (κ1) is 23.3. The summed E-state index contributed by atoms with van der Waals surface area (Å²) in [7, 11) is -6.95. The monoisotopic (exact) mass is 540 g/mol. The van der Waals surface area contributed by atoms with Crippen LogP contribution in [0.25, 0.3) is 16.8 Å². The Morgan fingerprint density at radius 1 is 0.919 bits per heavy atom. The highest BCUT2D eigenvalue weighted by molar-refractivity contribution is 7.90. The lowest BCUT2D eigenvalue weighted by atomic mass is 9.57. The van der Waals surface area contributed by atoms with Crippen LogP contribution in [0.15, 0.2) is 48.8 Å². The molecule has 3 heterocycles. The van der Waals surface area contributed by atoms with Crippen LogP contribution in [0.4, 0.5) is 0 Å². The second-order valence-electron chi connectivity index (χ2n) is 10.9. The summed E-state index contributed by atoms with van der Waals surface area (Å²) < 4.78 is 58.2. The molecule has 4 aromatic rings. The smallest absolute Gasteiger partial charge is 0.244 e. The lowest BCUT2D eigenvalue weighted by Gasteiger charge is -2.52. The molecule has 37 heavy (non-hydrogen) atoms. The molecule has 4 fully saturated rings. The van der Waals surface area contributed by atoms with Gasteiger partial charge in [-0.1, -0.05) is 30.3 Å². The molecular formula is C25H28N6O4S2. The molecule has 12 heteroatoms. The number of fused-ring (bicyclic) bond motifs is 6. The van der Waals surface area contributed by atoms with E-state index in [1.54, 1.807) is 30.6 Å². The number of sulfonamides is 1. The molecule has 4 saturated carbocycles. The van der Waals surface area contributed by atoms with Gasteiger partial charge < -0.3 is 0 Å². The first-order valence-electron chi connectivity index (χ1n) is 12.7. The van der Waals surface area contributed by atoms with Crippen LogP contribution in [0.5, 0.6) is 0 Å². The molecule has 4 aliphatic rings. The SMILES string of the molecule is O=S(=O)(NC12CCC(c3nnc4cnc5c(ccn5S(=O)(=O)Cc5ccccc5)n34)(CC1)CC2)C1CC1. The molecule has 10 nitrogen and oxygen atoms in total. The van der Waals surface area contributed by atoms with E-state index in [-0.39, 0.29) is 22.0 Å². The van der Waals surface area contributed by atoms with Gasteiger partial charge in [-0.3, -0.25) is 4.40 Å². The van der Waals surface area contributed by atoms with Gasteiger partial charge in [-0.05, 0) is 63.0 Å². The van der Waals surface area contributed by atoms with E-state index in [0.29, 0.717) is 22.4 Å². The van der Waals surface area contributed by atoms with Crippen molar-refractivity contribution in [2.24, 2.45) is 0 Å². The average molecular weight is 541 g/mol. The van der Waals surface area contributed by atoms with E-state index in [0.717, 1.165) is 57.2 Å². The molecule has 0 radical (unpaired) electrons. The first-order chi connectivity index (χ1) is 17.7. The zero-order valence-corrected chi connectivity index (χ0v) is 21.9. The number of rotatable bonds is 7. The van der Waals surface area contributed by atoms with Crippen LogP contribution in [-0.4, -0.2) is 51.2 Å². The number of hydrogen-bond acceptors (Lipinski definition) is 7. The zero-order chi connectivity index (χ0) is 25.5. The Bertz CT molecular complexity index is 1720. The molecule has 1 N–H and O–H groups in total. The Hall–Kier alpha value is -2.83. The predicted molar refractivity (Wildman–Crippen MR) is 138 cm³/mol. The van der Waals surface area contributed by atoms with Crippen LogP contribution in [-0.2, 0) is 31.2 Å². The first-order valence-corrected chi connectivity index (χ1v) is 15.9. The van der Waals surface area contributed by atoms with Crippen molar-refractivity contribution in [2.75, 3.05) is 0 Å². The number of nitrogens with one attached hydrogen (secondary N) is 1. The lowest BCUT2D eigenvalue weighted by Crippen LogP contribution is -2.58.